The van der Waals surface area contributed by atoms with E-state index in [9.17, 15) is 4.79 Å². The van der Waals surface area contributed by atoms with Crippen LogP contribution in [0.15, 0.2) is 24.3 Å². The Morgan fingerprint density at radius 1 is 1.42 bits per heavy atom. The van der Waals surface area contributed by atoms with Crippen molar-refractivity contribution in [3.63, 3.8) is 0 Å². The molecule has 0 amide bonds. The number of benzene rings is 1. The largest absolute Gasteiger partial charge is 0.276 e. The van der Waals surface area contributed by atoms with Gasteiger partial charge in [-0.1, -0.05) is 18.2 Å². The van der Waals surface area contributed by atoms with Gasteiger partial charge in [0.15, 0.2) is 0 Å². The van der Waals surface area contributed by atoms with Gasteiger partial charge in [0.05, 0.1) is 0 Å². The number of rotatable bonds is 2. The van der Waals surface area contributed by atoms with Crippen molar-refractivity contribution < 1.29 is 4.79 Å². The maximum Gasteiger partial charge on any atom is 0.252 e. The van der Waals surface area contributed by atoms with Crippen molar-refractivity contribution >= 4 is 16.8 Å². The summed E-state index contributed by atoms with van der Waals surface area (Å²) in [6.45, 7) is 0. The number of hydrogen-bond donors (Lipinski definition) is 0. The van der Waals surface area contributed by atoms with Gasteiger partial charge in [-0.05, 0) is 42.0 Å². The molecule has 0 N–H and O–H groups in total. The first kappa shape index (κ1) is 7.81. The quantitative estimate of drug-likeness (QED) is 0.640. The van der Waals surface area contributed by atoms with E-state index >= 15 is 0 Å². The molecule has 0 bridgehead atoms. The lowest BCUT2D eigenvalue weighted by molar-refractivity contribution is 0.108. The maximum atomic E-state index is 10.8. The van der Waals surface area contributed by atoms with Crippen LogP contribution < -0.4 is 0 Å². The molecule has 1 nitrogen and oxygen atoms in total. The summed E-state index contributed by atoms with van der Waals surface area (Å²) in [6.07, 6.45) is 2.50. The molecule has 0 radical (unpaired) electrons. The normalized spacial score (nSPS) is 16.1. The molecule has 1 aliphatic rings. The smallest absolute Gasteiger partial charge is 0.252 e. The van der Waals surface area contributed by atoms with Gasteiger partial charge in [-0.3, -0.25) is 4.79 Å². The molecule has 0 saturated heterocycles. The highest BCUT2D eigenvalue weighted by Gasteiger charge is 2.23. The highest BCUT2D eigenvalue weighted by atomic mass is 35.5. The Morgan fingerprint density at radius 3 is 2.75 bits per heavy atom. The third kappa shape index (κ3) is 1.51. The van der Waals surface area contributed by atoms with Crippen LogP contribution in [0.25, 0.3) is 0 Å². The summed E-state index contributed by atoms with van der Waals surface area (Å²) >= 11 is 5.36. The summed E-state index contributed by atoms with van der Waals surface area (Å²) in [7, 11) is 0. The van der Waals surface area contributed by atoms with Crippen LogP contribution in [0, 0.1) is 0 Å². The van der Waals surface area contributed by atoms with Crippen molar-refractivity contribution in [1.29, 1.82) is 0 Å². The lowest BCUT2D eigenvalue weighted by Crippen LogP contribution is -1.89. The molecule has 0 aliphatic heterocycles. The van der Waals surface area contributed by atoms with Crippen molar-refractivity contribution in [3.8, 4) is 0 Å². The van der Waals surface area contributed by atoms with E-state index in [4.69, 9.17) is 11.6 Å². The number of carbonyl (C=O) groups excluding carboxylic acids is 1. The average molecular weight is 181 g/mol. The van der Waals surface area contributed by atoms with Gasteiger partial charge in [0.25, 0.3) is 5.24 Å². The van der Waals surface area contributed by atoms with E-state index in [2.05, 4.69) is 6.07 Å². The average Bonchev–Trinajstić information content (AvgIpc) is 2.87. The van der Waals surface area contributed by atoms with Crippen LogP contribution >= 0.6 is 11.6 Å². The van der Waals surface area contributed by atoms with E-state index < -0.39 is 0 Å². The molecule has 0 spiro atoms. The molecular weight excluding hydrogens is 172 g/mol. The predicted molar refractivity (Wildman–Crippen MR) is 48.6 cm³/mol. The van der Waals surface area contributed by atoms with Gasteiger partial charge >= 0.3 is 0 Å². The van der Waals surface area contributed by atoms with Crippen LogP contribution in [-0.2, 0) is 0 Å². The van der Waals surface area contributed by atoms with Gasteiger partial charge in [-0.25, -0.2) is 0 Å². The minimum Gasteiger partial charge on any atom is -0.276 e. The summed E-state index contributed by atoms with van der Waals surface area (Å²) in [5, 5.41) is -0.363. The molecule has 2 heteroatoms. The summed E-state index contributed by atoms with van der Waals surface area (Å²) in [5.41, 5.74) is 1.86. The first-order valence-corrected chi connectivity index (χ1v) is 4.45. The third-order valence-electron chi connectivity index (χ3n) is 2.16. The number of halogens is 1. The number of hydrogen-bond acceptors (Lipinski definition) is 1. The molecule has 0 heterocycles. The summed E-state index contributed by atoms with van der Waals surface area (Å²) in [5.74, 6) is 0.681. The fraction of sp³-hybridized carbons (Fsp3) is 0.300. The van der Waals surface area contributed by atoms with Crippen molar-refractivity contribution in [2.75, 3.05) is 0 Å². The predicted octanol–water partition coefficient (Wildman–Crippen LogP) is 2.94. The molecule has 0 unspecified atom stereocenters. The Labute approximate surface area is 76.4 Å². The third-order valence-corrected chi connectivity index (χ3v) is 2.38. The molecule has 1 aromatic carbocycles. The van der Waals surface area contributed by atoms with Crippen LogP contribution in [-0.4, -0.2) is 5.24 Å². The molecule has 1 aliphatic carbocycles. The monoisotopic (exact) mass is 180 g/mol. The van der Waals surface area contributed by atoms with Crippen LogP contribution in [0.5, 0.6) is 0 Å². The fourth-order valence-electron chi connectivity index (χ4n) is 1.33. The highest BCUT2D eigenvalue weighted by molar-refractivity contribution is 6.67. The van der Waals surface area contributed by atoms with E-state index in [-0.39, 0.29) is 5.24 Å². The molecule has 62 valence electrons. The van der Waals surface area contributed by atoms with Gasteiger partial charge in [0.2, 0.25) is 0 Å². The highest BCUT2D eigenvalue weighted by Crippen LogP contribution is 2.40. The van der Waals surface area contributed by atoms with Gasteiger partial charge in [0.1, 0.15) is 0 Å². The van der Waals surface area contributed by atoms with E-state index in [1.165, 1.54) is 18.4 Å². The first-order valence-electron chi connectivity index (χ1n) is 4.07. The SMILES string of the molecule is O=C(Cl)c1cccc(C2CC2)c1. The first-order chi connectivity index (χ1) is 5.77. The standard InChI is InChI=1S/C10H9ClO/c11-10(12)9-3-1-2-8(6-9)7-4-5-7/h1-3,6-7H,4-5H2. The van der Waals surface area contributed by atoms with Gasteiger partial charge < -0.3 is 0 Å². The van der Waals surface area contributed by atoms with E-state index in [0.717, 1.165) is 0 Å². The molecule has 0 aromatic heterocycles. The summed E-state index contributed by atoms with van der Waals surface area (Å²) < 4.78 is 0. The zero-order valence-electron chi connectivity index (χ0n) is 6.59. The fourth-order valence-corrected chi connectivity index (χ4v) is 1.45. The van der Waals surface area contributed by atoms with Crippen molar-refractivity contribution in [2.45, 2.75) is 18.8 Å². The number of carbonyl (C=O) groups is 1. The van der Waals surface area contributed by atoms with Crippen molar-refractivity contribution in [3.05, 3.63) is 35.4 Å². The zero-order chi connectivity index (χ0) is 8.55. The van der Waals surface area contributed by atoms with Gasteiger partial charge in [0, 0.05) is 5.56 Å². The minimum atomic E-state index is -0.363. The molecular formula is C10H9ClO. The minimum absolute atomic E-state index is 0.363. The summed E-state index contributed by atoms with van der Waals surface area (Å²) in [4.78, 5) is 10.8. The van der Waals surface area contributed by atoms with Gasteiger partial charge in [-0.15, -0.1) is 0 Å². The Bertz CT molecular complexity index is 315. The second kappa shape index (κ2) is 2.91. The lowest BCUT2D eigenvalue weighted by Gasteiger charge is -1.98. The second-order valence-corrected chi connectivity index (χ2v) is 3.52. The van der Waals surface area contributed by atoms with Gasteiger partial charge in [-0.2, -0.15) is 0 Å². The molecule has 0 atom stereocenters. The Balaban J connectivity index is 2.32. The zero-order valence-corrected chi connectivity index (χ0v) is 7.34. The topological polar surface area (TPSA) is 17.1 Å². The maximum absolute atomic E-state index is 10.8. The van der Waals surface area contributed by atoms with Crippen LogP contribution in [0.2, 0.25) is 0 Å². The Hall–Kier alpha value is -0.820. The van der Waals surface area contributed by atoms with Crippen LogP contribution in [0.3, 0.4) is 0 Å². The van der Waals surface area contributed by atoms with Crippen molar-refractivity contribution in [1.82, 2.24) is 0 Å². The molecule has 1 fully saturated rings. The van der Waals surface area contributed by atoms with E-state index in [1.54, 1.807) is 6.07 Å². The Kier molecular flexibility index (Phi) is 1.89. The lowest BCUT2D eigenvalue weighted by atomic mass is 10.1. The van der Waals surface area contributed by atoms with Crippen LogP contribution in [0.1, 0.15) is 34.7 Å². The molecule has 12 heavy (non-hydrogen) atoms. The van der Waals surface area contributed by atoms with Crippen molar-refractivity contribution in [2.24, 2.45) is 0 Å². The summed E-state index contributed by atoms with van der Waals surface area (Å²) in [6, 6.07) is 7.60. The Morgan fingerprint density at radius 2 is 2.17 bits per heavy atom. The second-order valence-electron chi connectivity index (χ2n) is 3.17. The van der Waals surface area contributed by atoms with Crippen LogP contribution in [0.4, 0.5) is 0 Å². The van der Waals surface area contributed by atoms with E-state index in [0.29, 0.717) is 11.5 Å². The molecule has 1 saturated carbocycles. The molecule has 1 aromatic rings. The van der Waals surface area contributed by atoms with E-state index in [1.807, 2.05) is 12.1 Å². The molecule has 2 rings (SSSR count).